The Morgan fingerprint density at radius 3 is 2.26 bits per heavy atom. The van der Waals surface area contributed by atoms with Gasteiger partial charge in [0.25, 0.3) is 26.0 Å². The maximum atomic E-state index is 13.3. The van der Waals surface area contributed by atoms with Gasteiger partial charge in [-0.05, 0) is 60.6 Å². The Hall–Kier alpha value is -2.15. The molecule has 0 saturated heterocycles. The Labute approximate surface area is 251 Å². The zero-order valence-electron chi connectivity index (χ0n) is 25.1. The van der Waals surface area contributed by atoms with Crippen molar-refractivity contribution in [2.24, 2.45) is 0 Å². The van der Waals surface area contributed by atoms with Crippen molar-refractivity contribution in [3.05, 3.63) is 11.6 Å². The summed E-state index contributed by atoms with van der Waals surface area (Å²) in [6.07, 6.45) is -3.51. The number of sulfonamides is 2. The van der Waals surface area contributed by atoms with Crippen molar-refractivity contribution in [3.63, 3.8) is 0 Å². The molecule has 4 atom stereocenters. The summed E-state index contributed by atoms with van der Waals surface area (Å²) in [5.74, 6) is -3.07. The van der Waals surface area contributed by atoms with Crippen LogP contribution in [0, 0.1) is 0 Å². The number of hydrogen-bond donors (Lipinski definition) is 2. The number of amides is 1. The predicted molar refractivity (Wildman–Crippen MR) is 153 cm³/mol. The zero-order chi connectivity index (χ0) is 32.0. The topological polar surface area (TPSA) is 184 Å². The van der Waals surface area contributed by atoms with Crippen LogP contribution in [0.4, 0.5) is 0 Å². The fraction of sp³-hybridized carbons (Fsp3) is 0.720. The third kappa shape index (κ3) is 9.42. The summed E-state index contributed by atoms with van der Waals surface area (Å²) in [7, 11) is -7.01. The van der Waals surface area contributed by atoms with Crippen LogP contribution in [-0.4, -0.2) is 96.3 Å². The first-order valence-electron chi connectivity index (χ1n) is 13.4. The van der Waals surface area contributed by atoms with Gasteiger partial charge < -0.3 is 24.3 Å². The van der Waals surface area contributed by atoms with E-state index in [4.69, 9.17) is 18.9 Å². The lowest BCUT2D eigenvalue weighted by Crippen LogP contribution is -2.43. The molecule has 0 aromatic carbocycles. The molecule has 0 bridgehead atoms. The van der Waals surface area contributed by atoms with E-state index < -0.39 is 67.8 Å². The molecule has 2 heterocycles. The molecule has 1 aromatic heterocycles. The van der Waals surface area contributed by atoms with E-state index in [-0.39, 0.29) is 27.1 Å². The Morgan fingerprint density at radius 1 is 1.10 bits per heavy atom. The number of fused-ring (bicyclic) bond motifs is 1. The zero-order valence-corrected chi connectivity index (χ0v) is 27.5. The minimum Gasteiger partial charge on any atom is -0.450 e. The van der Waals surface area contributed by atoms with Crippen molar-refractivity contribution < 1.29 is 50.2 Å². The summed E-state index contributed by atoms with van der Waals surface area (Å²) in [5, 5.41) is 3.17. The number of carbonyl (C=O) groups is 3. The minimum atomic E-state index is -4.53. The average Bonchev–Trinajstić information content (AvgIpc) is 3.34. The Morgan fingerprint density at radius 2 is 1.69 bits per heavy atom. The van der Waals surface area contributed by atoms with Crippen molar-refractivity contribution in [1.29, 1.82) is 0 Å². The first-order chi connectivity index (χ1) is 19.3. The van der Waals surface area contributed by atoms with Crippen LogP contribution in [0.3, 0.4) is 0 Å². The van der Waals surface area contributed by atoms with Crippen LogP contribution in [0.25, 0.3) is 0 Å². The maximum Gasteiger partial charge on any atom is 0.347 e. The van der Waals surface area contributed by atoms with Gasteiger partial charge in [-0.25, -0.2) is 31.1 Å². The molecule has 2 N–H and O–H groups in total. The molecule has 1 amide bonds. The van der Waals surface area contributed by atoms with Gasteiger partial charge in [0, 0.05) is 38.4 Å². The molecule has 1 aliphatic heterocycles. The SMILES string of the molecule is CCN[C@H]1CN(CCCOC)S(=O)(=O)c2sc(S(=O)(=O)NC(=O)[C@H](C)OC(=O)[C@H](C)OC(=O)[C@H](C)OC(C)(C)C)cc21. The first-order valence-corrected chi connectivity index (χ1v) is 17.1. The number of nitrogens with one attached hydrogen (secondary N) is 2. The van der Waals surface area contributed by atoms with E-state index in [1.165, 1.54) is 31.3 Å². The van der Waals surface area contributed by atoms with Gasteiger partial charge in [0.2, 0.25) is 0 Å². The second-order valence-electron chi connectivity index (χ2n) is 10.6. The maximum absolute atomic E-state index is 13.3. The van der Waals surface area contributed by atoms with Gasteiger partial charge in [-0.2, -0.15) is 4.31 Å². The van der Waals surface area contributed by atoms with Gasteiger partial charge >= 0.3 is 11.9 Å². The molecule has 17 heteroatoms. The van der Waals surface area contributed by atoms with Gasteiger partial charge in [0.05, 0.1) is 5.60 Å². The molecule has 0 fully saturated rings. The van der Waals surface area contributed by atoms with E-state index in [0.29, 0.717) is 30.9 Å². The van der Waals surface area contributed by atoms with Crippen molar-refractivity contribution in [2.75, 3.05) is 33.4 Å². The monoisotopic (exact) mass is 655 g/mol. The highest BCUT2D eigenvalue weighted by Gasteiger charge is 2.40. The lowest BCUT2D eigenvalue weighted by Gasteiger charge is -2.32. The summed E-state index contributed by atoms with van der Waals surface area (Å²) >= 11 is 0.527. The number of esters is 2. The smallest absolute Gasteiger partial charge is 0.347 e. The van der Waals surface area contributed by atoms with Crippen LogP contribution in [-0.2, 0) is 53.4 Å². The quantitative estimate of drug-likeness (QED) is 0.217. The summed E-state index contributed by atoms with van der Waals surface area (Å²) in [6, 6.07) is 0.763. The molecule has 0 saturated carbocycles. The molecule has 14 nitrogen and oxygen atoms in total. The van der Waals surface area contributed by atoms with E-state index in [9.17, 15) is 31.2 Å². The van der Waals surface area contributed by atoms with Crippen molar-refractivity contribution >= 4 is 49.2 Å². The van der Waals surface area contributed by atoms with Crippen LogP contribution >= 0.6 is 11.3 Å². The fourth-order valence-electron chi connectivity index (χ4n) is 3.96. The second kappa shape index (κ2) is 14.5. The van der Waals surface area contributed by atoms with Crippen LogP contribution in [0.1, 0.15) is 66.5 Å². The van der Waals surface area contributed by atoms with Crippen LogP contribution in [0.2, 0.25) is 0 Å². The fourth-order valence-corrected chi connectivity index (χ4v) is 8.89. The molecule has 42 heavy (non-hydrogen) atoms. The number of methoxy groups -OCH3 is 1. The van der Waals surface area contributed by atoms with Crippen molar-refractivity contribution in [2.45, 2.75) is 93.3 Å². The molecule has 240 valence electrons. The Kier molecular flexibility index (Phi) is 12.5. The third-order valence-electron chi connectivity index (χ3n) is 5.89. The number of carbonyl (C=O) groups excluding carboxylic acids is 3. The summed E-state index contributed by atoms with van der Waals surface area (Å²) in [6.45, 7) is 12.1. The summed E-state index contributed by atoms with van der Waals surface area (Å²) in [4.78, 5) is 37.3. The number of likely N-dealkylation sites (N-methyl/N-ethyl adjacent to an activating group) is 1. The molecule has 0 spiro atoms. The van der Waals surface area contributed by atoms with Crippen molar-refractivity contribution in [1.82, 2.24) is 14.3 Å². The van der Waals surface area contributed by atoms with Crippen LogP contribution < -0.4 is 10.0 Å². The van der Waals surface area contributed by atoms with Gasteiger partial charge in [-0.3, -0.25) is 4.79 Å². The molecule has 0 aliphatic carbocycles. The highest BCUT2D eigenvalue weighted by Crippen LogP contribution is 2.40. The molecular formula is C25H41N3O11S3. The average molecular weight is 656 g/mol. The molecule has 0 radical (unpaired) electrons. The Balaban J connectivity index is 2.14. The van der Waals surface area contributed by atoms with E-state index in [1.807, 2.05) is 11.6 Å². The summed E-state index contributed by atoms with van der Waals surface area (Å²) < 4.78 is 75.9. The molecule has 0 unspecified atom stereocenters. The highest BCUT2D eigenvalue weighted by molar-refractivity contribution is 7.94. The lowest BCUT2D eigenvalue weighted by atomic mass is 10.1. The minimum absolute atomic E-state index is 0.103. The standard InChI is InChI=1S/C25H41N3O11S3/c1-9-26-19-14-28(11-10-12-36-8)42(34,35)24-18(19)13-20(40-24)41(32,33)27-21(29)15(2)37-22(30)16(3)38-23(31)17(4)39-25(5,6)7/h13,15-17,19,26H,9-12,14H2,1-8H3,(H,27,29)/t15-,16-,17-,19-/m0/s1. The molecule has 2 rings (SSSR count). The number of ether oxygens (including phenoxy) is 4. The predicted octanol–water partition coefficient (Wildman–Crippen LogP) is 1.31. The van der Waals surface area contributed by atoms with Crippen LogP contribution in [0.15, 0.2) is 14.5 Å². The number of thiophene rings is 1. The number of nitrogens with zero attached hydrogens (tertiary/aromatic N) is 1. The first kappa shape index (κ1) is 36.0. The van der Waals surface area contributed by atoms with Gasteiger partial charge in [0.15, 0.2) is 18.3 Å². The number of rotatable bonds is 14. The molecule has 1 aliphatic rings. The summed E-state index contributed by atoms with van der Waals surface area (Å²) in [5.41, 5.74) is -0.346. The molecule has 1 aromatic rings. The highest BCUT2D eigenvalue weighted by atomic mass is 32.3. The van der Waals surface area contributed by atoms with Crippen molar-refractivity contribution in [3.8, 4) is 0 Å². The van der Waals surface area contributed by atoms with E-state index in [2.05, 4.69) is 5.32 Å². The van der Waals surface area contributed by atoms with Crippen LogP contribution in [0.5, 0.6) is 0 Å². The molecular weight excluding hydrogens is 614 g/mol. The normalized spacial score (nSPS) is 19.3. The van der Waals surface area contributed by atoms with E-state index >= 15 is 0 Å². The third-order valence-corrected chi connectivity index (χ3v) is 11.3. The van der Waals surface area contributed by atoms with Gasteiger partial charge in [-0.15, -0.1) is 11.3 Å². The largest absolute Gasteiger partial charge is 0.450 e. The number of hydrogen-bond acceptors (Lipinski definition) is 13. The lowest BCUT2D eigenvalue weighted by molar-refractivity contribution is -0.180. The van der Waals surface area contributed by atoms with Gasteiger partial charge in [-0.1, -0.05) is 6.92 Å². The second-order valence-corrected chi connectivity index (χ2v) is 15.7. The van der Waals surface area contributed by atoms with E-state index in [0.717, 1.165) is 6.92 Å². The van der Waals surface area contributed by atoms with E-state index in [1.54, 1.807) is 20.8 Å². The Bertz CT molecular complexity index is 1340. The van der Waals surface area contributed by atoms with Gasteiger partial charge in [0.1, 0.15) is 8.42 Å².